The lowest BCUT2D eigenvalue weighted by Gasteiger charge is -2.11. The summed E-state index contributed by atoms with van der Waals surface area (Å²) in [6, 6.07) is 3.73. The average molecular weight is 486 g/mol. The Hall–Kier alpha value is 0.150. The number of benzene rings is 1. The molecule has 0 aliphatic rings. The van der Waals surface area contributed by atoms with Crippen molar-refractivity contribution >= 4 is 51.5 Å². The third-order valence-corrected chi connectivity index (χ3v) is 4.50. The first-order valence-corrected chi connectivity index (χ1v) is 8.91. The van der Waals surface area contributed by atoms with E-state index in [2.05, 4.69) is 52.1 Å². The highest BCUT2D eigenvalue weighted by atomic mass is 127. The van der Waals surface area contributed by atoms with Crippen LogP contribution in [0.15, 0.2) is 12.1 Å². The second kappa shape index (κ2) is 9.96. The van der Waals surface area contributed by atoms with Gasteiger partial charge in [-0.05, 0) is 63.7 Å². The molecule has 1 aromatic rings. The SMILES string of the molecule is CCCCCCCCOc1c(I)cc(C=O)cc1I. The molecule has 2 nitrogen and oxygen atoms in total. The molecule has 0 fully saturated rings. The van der Waals surface area contributed by atoms with Gasteiger partial charge in [-0.3, -0.25) is 4.79 Å². The third-order valence-electron chi connectivity index (χ3n) is 2.90. The van der Waals surface area contributed by atoms with Gasteiger partial charge in [0.15, 0.2) is 0 Å². The number of ether oxygens (including phenoxy) is 1. The van der Waals surface area contributed by atoms with Gasteiger partial charge in [-0.1, -0.05) is 39.0 Å². The van der Waals surface area contributed by atoms with Crippen molar-refractivity contribution < 1.29 is 9.53 Å². The molecular weight excluding hydrogens is 466 g/mol. The minimum Gasteiger partial charge on any atom is -0.491 e. The molecule has 19 heavy (non-hydrogen) atoms. The Kier molecular flexibility index (Phi) is 9.02. The molecule has 0 unspecified atom stereocenters. The van der Waals surface area contributed by atoms with Crippen molar-refractivity contribution in [1.29, 1.82) is 0 Å². The van der Waals surface area contributed by atoms with E-state index in [9.17, 15) is 4.79 Å². The monoisotopic (exact) mass is 486 g/mol. The first-order valence-electron chi connectivity index (χ1n) is 6.76. The van der Waals surface area contributed by atoms with Crippen LogP contribution in [0, 0.1) is 7.14 Å². The summed E-state index contributed by atoms with van der Waals surface area (Å²) in [5, 5.41) is 0. The largest absolute Gasteiger partial charge is 0.491 e. The maximum atomic E-state index is 10.8. The minimum absolute atomic E-state index is 0.709. The maximum Gasteiger partial charge on any atom is 0.150 e. The average Bonchev–Trinajstić information content (AvgIpc) is 2.40. The van der Waals surface area contributed by atoms with Crippen LogP contribution >= 0.6 is 45.2 Å². The third kappa shape index (κ3) is 6.42. The summed E-state index contributed by atoms with van der Waals surface area (Å²) >= 11 is 4.45. The van der Waals surface area contributed by atoms with Crippen LogP contribution in [-0.4, -0.2) is 12.9 Å². The van der Waals surface area contributed by atoms with Gasteiger partial charge in [-0.25, -0.2) is 0 Å². The summed E-state index contributed by atoms with van der Waals surface area (Å²) < 4.78 is 7.87. The lowest BCUT2D eigenvalue weighted by Crippen LogP contribution is -2.01. The quantitative estimate of drug-likeness (QED) is 0.264. The van der Waals surface area contributed by atoms with E-state index in [0.717, 1.165) is 32.2 Å². The molecule has 0 radical (unpaired) electrons. The van der Waals surface area contributed by atoms with Gasteiger partial charge in [0.05, 0.1) is 13.7 Å². The predicted molar refractivity (Wildman–Crippen MR) is 96.1 cm³/mol. The summed E-state index contributed by atoms with van der Waals surface area (Å²) in [6.07, 6.45) is 8.47. The van der Waals surface area contributed by atoms with Crippen molar-refractivity contribution in [3.63, 3.8) is 0 Å². The Labute approximate surface area is 143 Å². The van der Waals surface area contributed by atoms with E-state index in [4.69, 9.17) is 4.74 Å². The van der Waals surface area contributed by atoms with Crippen LogP contribution in [0.25, 0.3) is 0 Å². The molecule has 0 amide bonds. The summed E-state index contributed by atoms with van der Waals surface area (Å²) in [4.78, 5) is 10.8. The molecule has 0 saturated heterocycles. The highest BCUT2D eigenvalue weighted by Crippen LogP contribution is 2.28. The maximum absolute atomic E-state index is 10.8. The lowest BCUT2D eigenvalue weighted by atomic mass is 10.1. The molecule has 0 heterocycles. The molecular formula is C15H20I2O2. The summed E-state index contributed by atoms with van der Waals surface area (Å²) in [7, 11) is 0. The number of carbonyl (C=O) groups excluding carboxylic acids is 1. The zero-order chi connectivity index (χ0) is 14.1. The highest BCUT2D eigenvalue weighted by Gasteiger charge is 2.08. The van der Waals surface area contributed by atoms with E-state index in [-0.39, 0.29) is 0 Å². The Balaban J connectivity index is 2.35. The molecule has 0 N–H and O–H groups in total. The van der Waals surface area contributed by atoms with Crippen LogP contribution in [0.4, 0.5) is 0 Å². The van der Waals surface area contributed by atoms with Gasteiger partial charge in [0.2, 0.25) is 0 Å². The Morgan fingerprint density at radius 1 is 1.05 bits per heavy atom. The summed E-state index contributed by atoms with van der Waals surface area (Å²) in [6.45, 7) is 2.99. The molecule has 1 aromatic carbocycles. The van der Waals surface area contributed by atoms with Gasteiger partial charge in [-0.2, -0.15) is 0 Å². The standard InChI is InChI=1S/C15H20I2O2/c1-2-3-4-5-6-7-8-19-15-13(16)9-12(11-18)10-14(15)17/h9-11H,2-8H2,1H3. The molecule has 0 bridgehead atoms. The zero-order valence-corrected chi connectivity index (χ0v) is 15.6. The molecule has 4 heteroatoms. The van der Waals surface area contributed by atoms with Gasteiger partial charge >= 0.3 is 0 Å². The lowest BCUT2D eigenvalue weighted by molar-refractivity contribution is 0.112. The second-order valence-corrected chi connectivity index (χ2v) is 6.87. The van der Waals surface area contributed by atoms with E-state index in [0.29, 0.717) is 5.56 Å². The van der Waals surface area contributed by atoms with Crippen LogP contribution in [0.2, 0.25) is 0 Å². The number of aldehydes is 1. The van der Waals surface area contributed by atoms with Crippen LogP contribution in [0.3, 0.4) is 0 Å². The summed E-state index contributed by atoms with van der Waals surface area (Å²) in [5.41, 5.74) is 0.709. The van der Waals surface area contributed by atoms with E-state index in [1.54, 1.807) is 0 Å². The number of rotatable bonds is 9. The van der Waals surface area contributed by atoms with Crippen molar-refractivity contribution in [2.75, 3.05) is 6.61 Å². The molecule has 106 valence electrons. The number of hydrogen-bond acceptors (Lipinski definition) is 2. The van der Waals surface area contributed by atoms with Gasteiger partial charge in [-0.15, -0.1) is 0 Å². The fourth-order valence-corrected chi connectivity index (χ4v) is 3.97. The van der Waals surface area contributed by atoms with Crippen molar-refractivity contribution in [3.05, 3.63) is 24.8 Å². The first-order chi connectivity index (χ1) is 9.19. The van der Waals surface area contributed by atoms with Crippen molar-refractivity contribution in [2.45, 2.75) is 45.4 Å². The molecule has 0 saturated carbocycles. The number of carbonyl (C=O) groups is 1. The van der Waals surface area contributed by atoms with E-state index in [1.165, 1.54) is 32.1 Å². The first kappa shape index (κ1) is 17.2. The fourth-order valence-electron chi connectivity index (χ4n) is 1.84. The smallest absolute Gasteiger partial charge is 0.150 e. The van der Waals surface area contributed by atoms with E-state index < -0.39 is 0 Å². The van der Waals surface area contributed by atoms with E-state index >= 15 is 0 Å². The Morgan fingerprint density at radius 3 is 2.21 bits per heavy atom. The van der Waals surface area contributed by atoms with Crippen molar-refractivity contribution in [2.24, 2.45) is 0 Å². The number of unbranched alkanes of at least 4 members (excludes halogenated alkanes) is 5. The van der Waals surface area contributed by atoms with Gasteiger partial charge < -0.3 is 4.74 Å². The predicted octanol–water partition coefficient (Wildman–Crippen LogP) is 5.45. The van der Waals surface area contributed by atoms with Gasteiger partial charge in [0.1, 0.15) is 12.0 Å². The Morgan fingerprint density at radius 2 is 1.63 bits per heavy atom. The number of halogens is 2. The van der Waals surface area contributed by atoms with Crippen LogP contribution in [0.1, 0.15) is 55.8 Å². The van der Waals surface area contributed by atoms with Gasteiger partial charge in [0, 0.05) is 5.56 Å². The topological polar surface area (TPSA) is 26.3 Å². The van der Waals surface area contributed by atoms with Crippen molar-refractivity contribution in [3.8, 4) is 5.75 Å². The summed E-state index contributed by atoms with van der Waals surface area (Å²) in [5.74, 6) is 0.917. The van der Waals surface area contributed by atoms with Crippen LogP contribution in [-0.2, 0) is 0 Å². The van der Waals surface area contributed by atoms with E-state index in [1.807, 2.05) is 12.1 Å². The zero-order valence-electron chi connectivity index (χ0n) is 11.3. The van der Waals surface area contributed by atoms with Crippen LogP contribution in [0.5, 0.6) is 5.75 Å². The fraction of sp³-hybridized carbons (Fsp3) is 0.533. The highest BCUT2D eigenvalue weighted by molar-refractivity contribution is 14.1. The number of hydrogen-bond donors (Lipinski definition) is 0. The van der Waals surface area contributed by atoms with Gasteiger partial charge in [0.25, 0.3) is 0 Å². The molecule has 0 aliphatic carbocycles. The normalized spacial score (nSPS) is 10.5. The van der Waals surface area contributed by atoms with Crippen molar-refractivity contribution in [1.82, 2.24) is 0 Å². The molecule has 0 atom stereocenters. The Bertz CT molecular complexity index is 382. The molecule has 1 rings (SSSR count). The second-order valence-electron chi connectivity index (χ2n) is 4.55. The minimum atomic E-state index is 0.709. The molecule has 0 aromatic heterocycles. The molecule has 0 spiro atoms. The van der Waals surface area contributed by atoms with Crippen LogP contribution < -0.4 is 4.74 Å². The molecule has 0 aliphatic heterocycles.